The second-order valence-electron chi connectivity index (χ2n) is 9.70. The van der Waals surface area contributed by atoms with Gasteiger partial charge in [0.1, 0.15) is 11.5 Å². The highest BCUT2D eigenvalue weighted by Gasteiger charge is 2.30. The number of pyridine rings is 1. The fourth-order valence-electron chi connectivity index (χ4n) is 4.40. The first kappa shape index (κ1) is 31.2. The van der Waals surface area contributed by atoms with Crippen molar-refractivity contribution in [2.75, 3.05) is 34.5 Å². The molecule has 1 saturated heterocycles. The molecule has 1 aliphatic heterocycles. The minimum atomic E-state index is -1.03. The lowest BCUT2D eigenvalue weighted by atomic mass is 9.94. The lowest BCUT2D eigenvalue weighted by Crippen LogP contribution is -2.45. The molecule has 0 radical (unpaired) electrons. The molecule has 0 saturated carbocycles. The van der Waals surface area contributed by atoms with Gasteiger partial charge in [-0.15, -0.1) is 0 Å². The maximum Gasteiger partial charge on any atom is 0.331 e. The monoisotopic (exact) mass is 566 g/mol. The predicted octanol–water partition coefficient (Wildman–Crippen LogP) is 4.12. The quantitative estimate of drug-likeness (QED) is 0.406. The summed E-state index contributed by atoms with van der Waals surface area (Å²) >= 11 is 0. The predicted molar refractivity (Wildman–Crippen MR) is 153 cm³/mol. The van der Waals surface area contributed by atoms with E-state index in [-0.39, 0.29) is 30.1 Å². The van der Waals surface area contributed by atoms with E-state index in [1.807, 2.05) is 62.4 Å². The van der Waals surface area contributed by atoms with Crippen LogP contribution in [0.2, 0.25) is 0 Å². The number of rotatable bonds is 7. The van der Waals surface area contributed by atoms with Gasteiger partial charge in [0.05, 0.1) is 34.0 Å². The molecule has 3 aromatic rings. The summed E-state index contributed by atoms with van der Waals surface area (Å²) < 4.78 is 26.6. The molecule has 0 bridgehead atoms. The van der Waals surface area contributed by atoms with Gasteiger partial charge in [-0.1, -0.05) is 24.3 Å². The van der Waals surface area contributed by atoms with Crippen molar-refractivity contribution in [2.24, 2.45) is 5.92 Å². The van der Waals surface area contributed by atoms with Crippen LogP contribution >= 0.6 is 0 Å². The molecule has 4 rings (SSSR count). The number of aromatic nitrogens is 1. The van der Waals surface area contributed by atoms with Crippen molar-refractivity contribution < 1.29 is 38.4 Å². The maximum absolute atomic E-state index is 12.6. The Morgan fingerprint density at radius 1 is 1.02 bits per heavy atom. The molecule has 2 N–H and O–H groups in total. The molecule has 0 aliphatic carbocycles. The molecule has 10 heteroatoms. The molecule has 220 valence electrons. The van der Waals surface area contributed by atoms with Crippen molar-refractivity contribution >= 4 is 11.9 Å². The number of esters is 1. The SMILES string of the molecule is COc1cccc(C)c1.COc1cccc(CC2COC[C@H](NC(=O)c3nccc(OC)c3O)C(=O)OC(C)C2)c1. The molecule has 3 atom stereocenters. The van der Waals surface area contributed by atoms with Crippen molar-refractivity contribution in [2.45, 2.75) is 38.8 Å². The number of carbonyl (C=O) groups is 2. The number of carbonyl (C=O) groups excluding carboxylic acids is 2. The van der Waals surface area contributed by atoms with Gasteiger partial charge in [-0.2, -0.15) is 0 Å². The van der Waals surface area contributed by atoms with Crippen LogP contribution in [0.15, 0.2) is 60.8 Å². The molecule has 1 aromatic heterocycles. The van der Waals surface area contributed by atoms with Crippen LogP contribution in [-0.2, 0) is 20.7 Å². The highest BCUT2D eigenvalue weighted by atomic mass is 16.5. The van der Waals surface area contributed by atoms with Crippen molar-refractivity contribution in [1.82, 2.24) is 10.3 Å². The largest absolute Gasteiger partial charge is 0.503 e. The number of ether oxygens (including phenoxy) is 5. The molecule has 2 heterocycles. The number of nitrogens with zero attached hydrogens (tertiary/aromatic N) is 1. The first-order chi connectivity index (χ1) is 19.7. The van der Waals surface area contributed by atoms with Gasteiger partial charge in [0, 0.05) is 18.9 Å². The number of hydrogen-bond donors (Lipinski definition) is 2. The first-order valence-electron chi connectivity index (χ1n) is 13.3. The number of aromatic hydroxyl groups is 1. The summed E-state index contributed by atoms with van der Waals surface area (Å²) in [5.74, 6) is 0.188. The molecule has 1 amide bonds. The molecule has 1 aliphatic rings. The van der Waals surface area contributed by atoms with Gasteiger partial charge in [-0.05, 0) is 68.0 Å². The molecule has 2 aromatic carbocycles. The van der Waals surface area contributed by atoms with Crippen LogP contribution in [0.3, 0.4) is 0 Å². The minimum Gasteiger partial charge on any atom is -0.503 e. The van der Waals surface area contributed by atoms with Crippen LogP contribution in [0.5, 0.6) is 23.0 Å². The third-order valence-electron chi connectivity index (χ3n) is 6.42. The average Bonchev–Trinajstić information content (AvgIpc) is 3.02. The Morgan fingerprint density at radius 3 is 2.39 bits per heavy atom. The number of cyclic esters (lactones) is 1. The molecule has 0 spiro atoms. The fraction of sp³-hybridized carbons (Fsp3) is 0.387. The number of methoxy groups -OCH3 is 3. The molecule has 1 fully saturated rings. The van der Waals surface area contributed by atoms with Gasteiger partial charge >= 0.3 is 5.97 Å². The van der Waals surface area contributed by atoms with Crippen molar-refractivity contribution in [3.05, 3.63) is 77.6 Å². The van der Waals surface area contributed by atoms with E-state index in [2.05, 4.69) is 10.3 Å². The Morgan fingerprint density at radius 2 is 1.73 bits per heavy atom. The second-order valence-corrected chi connectivity index (χ2v) is 9.70. The highest BCUT2D eigenvalue weighted by Crippen LogP contribution is 2.27. The Kier molecular flexibility index (Phi) is 11.8. The summed E-state index contributed by atoms with van der Waals surface area (Å²) in [7, 11) is 4.66. The number of aryl methyl sites for hydroxylation is 1. The summed E-state index contributed by atoms with van der Waals surface area (Å²) in [6.45, 7) is 4.20. The third kappa shape index (κ3) is 9.39. The lowest BCUT2D eigenvalue weighted by molar-refractivity contribution is -0.151. The Hall–Kier alpha value is -4.31. The second kappa shape index (κ2) is 15.5. The van der Waals surface area contributed by atoms with Crippen LogP contribution in [0.25, 0.3) is 0 Å². The number of amides is 1. The van der Waals surface area contributed by atoms with Crippen molar-refractivity contribution in [1.29, 1.82) is 0 Å². The first-order valence-corrected chi connectivity index (χ1v) is 13.3. The Bertz CT molecular complexity index is 1300. The number of benzene rings is 2. The van der Waals surface area contributed by atoms with E-state index >= 15 is 0 Å². The number of hydrogen-bond acceptors (Lipinski definition) is 9. The normalized spacial score (nSPS) is 18.8. The van der Waals surface area contributed by atoms with Crippen LogP contribution in [-0.4, -0.2) is 68.7 Å². The van der Waals surface area contributed by atoms with E-state index in [1.165, 1.54) is 24.9 Å². The van der Waals surface area contributed by atoms with E-state index in [0.29, 0.717) is 13.0 Å². The third-order valence-corrected chi connectivity index (χ3v) is 6.42. The van der Waals surface area contributed by atoms with Crippen LogP contribution in [0, 0.1) is 12.8 Å². The van der Waals surface area contributed by atoms with Gasteiger partial charge in [0.25, 0.3) is 5.91 Å². The Labute approximate surface area is 240 Å². The van der Waals surface area contributed by atoms with Gasteiger partial charge in [0.2, 0.25) is 0 Å². The maximum atomic E-state index is 12.6. The minimum absolute atomic E-state index is 0.0589. The van der Waals surface area contributed by atoms with Crippen LogP contribution in [0.1, 0.15) is 35.0 Å². The van der Waals surface area contributed by atoms with Crippen molar-refractivity contribution in [3.8, 4) is 23.0 Å². The van der Waals surface area contributed by atoms with Crippen molar-refractivity contribution in [3.63, 3.8) is 0 Å². The zero-order valence-electron chi connectivity index (χ0n) is 24.1. The summed E-state index contributed by atoms with van der Waals surface area (Å²) in [5.41, 5.74) is 2.08. The fourth-order valence-corrected chi connectivity index (χ4v) is 4.40. The zero-order chi connectivity index (χ0) is 29.8. The molecule has 2 unspecified atom stereocenters. The van der Waals surface area contributed by atoms with E-state index in [9.17, 15) is 14.7 Å². The summed E-state index contributed by atoms with van der Waals surface area (Å²) in [6, 6.07) is 16.2. The van der Waals surface area contributed by atoms with Gasteiger partial charge in [0.15, 0.2) is 23.2 Å². The van der Waals surface area contributed by atoms with E-state index < -0.39 is 23.7 Å². The lowest BCUT2D eigenvalue weighted by Gasteiger charge is -2.20. The summed E-state index contributed by atoms with van der Waals surface area (Å²) in [5, 5.41) is 12.7. The average molecular weight is 567 g/mol. The van der Waals surface area contributed by atoms with E-state index in [0.717, 1.165) is 23.5 Å². The smallest absolute Gasteiger partial charge is 0.331 e. The zero-order valence-corrected chi connectivity index (χ0v) is 24.1. The standard InChI is InChI=1S/C23H28N2O7.C8H10O/c1-14-9-16(10-15-5-4-6-17(11-15)29-2)12-31-13-18(23(28)32-14)25-22(27)20-21(26)19(30-3)7-8-24-20;1-7-4-3-5-8(6-7)9-2/h4-8,11,14,16,18,26H,9-10,12-13H2,1-3H3,(H,25,27);3-6H,1-2H3/t14?,16?,18-;/m0./s1. The van der Waals surface area contributed by atoms with E-state index in [4.69, 9.17) is 23.7 Å². The molecule has 10 nitrogen and oxygen atoms in total. The van der Waals surface area contributed by atoms with Gasteiger partial charge in [-0.3, -0.25) is 4.79 Å². The number of nitrogens with one attached hydrogen (secondary N) is 1. The van der Waals surface area contributed by atoms with Gasteiger partial charge in [-0.25, -0.2) is 9.78 Å². The molecular formula is C31H38N2O8. The highest BCUT2D eigenvalue weighted by molar-refractivity contribution is 5.98. The summed E-state index contributed by atoms with van der Waals surface area (Å²) in [4.78, 5) is 29.1. The Balaban J connectivity index is 0.000000436. The molecular weight excluding hydrogens is 528 g/mol. The van der Waals surface area contributed by atoms with Crippen LogP contribution in [0.4, 0.5) is 0 Å². The van der Waals surface area contributed by atoms with Gasteiger partial charge < -0.3 is 34.1 Å². The summed E-state index contributed by atoms with van der Waals surface area (Å²) in [6.07, 6.45) is 2.32. The van der Waals surface area contributed by atoms with E-state index in [1.54, 1.807) is 14.2 Å². The molecule has 41 heavy (non-hydrogen) atoms. The van der Waals surface area contributed by atoms with Crippen LogP contribution < -0.4 is 19.5 Å². The topological polar surface area (TPSA) is 125 Å².